The maximum absolute atomic E-state index is 12.8. The third kappa shape index (κ3) is 3.14. The summed E-state index contributed by atoms with van der Waals surface area (Å²) in [5.74, 6) is -5.31. The highest BCUT2D eigenvalue weighted by atomic mass is 19.3. The fraction of sp³-hybridized carbons (Fsp3) is 0.778. The van der Waals surface area contributed by atoms with E-state index in [0.29, 0.717) is 0 Å². The van der Waals surface area contributed by atoms with Gasteiger partial charge in [-0.3, -0.25) is 9.59 Å². The molecule has 0 heterocycles. The Hall–Kier alpha value is -1.20. The Bertz CT molecular complexity index is 281. The predicted molar refractivity (Wildman–Crippen MR) is 47.5 cm³/mol. The van der Waals surface area contributed by atoms with Crippen molar-refractivity contribution in [1.29, 1.82) is 0 Å². The quantitative estimate of drug-likeness (QED) is 0.747. The number of carbonyl (C=O) groups is 2. The summed E-state index contributed by atoms with van der Waals surface area (Å²) in [4.78, 5) is 21.8. The molecule has 1 rings (SSSR count). The van der Waals surface area contributed by atoms with Gasteiger partial charge in [-0.2, -0.15) is 0 Å². The molecule has 1 aliphatic carbocycles. The number of alkyl halides is 2. The van der Waals surface area contributed by atoms with Crippen LogP contribution in [0.5, 0.6) is 0 Å². The van der Waals surface area contributed by atoms with Gasteiger partial charge < -0.3 is 10.4 Å². The van der Waals surface area contributed by atoms with E-state index < -0.39 is 36.2 Å². The summed E-state index contributed by atoms with van der Waals surface area (Å²) in [6, 6.07) is -1.04. The molecule has 0 aromatic carbocycles. The zero-order valence-electron chi connectivity index (χ0n) is 8.30. The van der Waals surface area contributed by atoms with Crippen LogP contribution in [0.2, 0.25) is 0 Å². The Morgan fingerprint density at radius 3 is 2.53 bits per heavy atom. The predicted octanol–water partition coefficient (Wildman–Crippen LogP) is 1.01. The molecule has 2 atom stereocenters. The number of carboxylic acid groups (broad SMARTS) is 1. The topological polar surface area (TPSA) is 66.4 Å². The first-order valence-corrected chi connectivity index (χ1v) is 4.73. The summed E-state index contributed by atoms with van der Waals surface area (Å²) in [7, 11) is 0. The molecule has 4 nitrogen and oxygen atoms in total. The van der Waals surface area contributed by atoms with Crippen LogP contribution in [0.1, 0.15) is 26.2 Å². The van der Waals surface area contributed by atoms with E-state index in [4.69, 9.17) is 5.11 Å². The molecule has 0 spiro atoms. The summed E-state index contributed by atoms with van der Waals surface area (Å²) >= 11 is 0. The molecule has 1 fully saturated rings. The van der Waals surface area contributed by atoms with Crippen LogP contribution in [0.4, 0.5) is 8.78 Å². The molecule has 86 valence electrons. The SMILES string of the molecule is C[C@H](NC(=O)C1CCC(F)(F)C1)C(=O)O. The first kappa shape index (κ1) is 11.9. The standard InChI is InChI=1S/C9H13F2NO3/c1-5(8(14)15)12-7(13)6-2-3-9(10,11)4-6/h5-6H,2-4H2,1H3,(H,12,13)(H,14,15)/t5-,6?/m0/s1. The van der Waals surface area contributed by atoms with E-state index in [-0.39, 0.29) is 12.8 Å². The zero-order chi connectivity index (χ0) is 11.6. The van der Waals surface area contributed by atoms with Crippen molar-refractivity contribution in [2.45, 2.75) is 38.2 Å². The van der Waals surface area contributed by atoms with E-state index in [0.717, 1.165) is 0 Å². The number of hydrogen-bond acceptors (Lipinski definition) is 2. The summed E-state index contributed by atoms with van der Waals surface area (Å²) < 4.78 is 25.5. The number of hydrogen-bond donors (Lipinski definition) is 2. The Balaban J connectivity index is 2.46. The molecule has 0 bridgehead atoms. The number of carbonyl (C=O) groups excluding carboxylic acids is 1. The van der Waals surface area contributed by atoms with E-state index in [1.54, 1.807) is 0 Å². The molecule has 0 aromatic heterocycles. The second-order valence-electron chi connectivity index (χ2n) is 3.86. The van der Waals surface area contributed by atoms with E-state index in [1.807, 2.05) is 0 Å². The molecule has 1 saturated carbocycles. The monoisotopic (exact) mass is 221 g/mol. The molecule has 0 aromatic rings. The number of carboxylic acids is 1. The van der Waals surface area contributed by atoms with E-state index in [2.05, 4.69) is 5.32 Å². The van der Waals surface area contributed by atoms with E-state index in [1.165, 1.54) is 6.92 Å². The first-order chi connectivity index (χ1) is 6.82. The molecule has 2 N–H and O–H groups in total. The minimum atomic E-state index is -2.78. The minimum Gasteiger partial charge on any atom is -0.480 e. The smallest absolute Gasteiger partial charge is 0.325 e. The number of halogens is 2. The number of aliphatic carboxylic acids is 1. The maximum atomic E-state index is 12.8. The van der Waals surface area contributed by atoms with Gasteiger partial charge in [0.2, 0.25) is 11.8 Å². The molecule has 0 radical (unpaired) electrons. The average molecular weight is 221 g/mol. The van der Waals surface area contributed by atoms with Crippen molar-refractivity contribution in [3.63, 3.8) is 0 Å². The number of amides is 1. The molecule has 0 saturated heterocycles. The van der Waals surface area contributed by atoms with Gasteiger partial charge in [-0.25, -0.2) is 8.78 Å². The summed E-state index contributed by atoms with van der Waals surface area (Å²) in [5, 5.41) is 10.7. The van der Waals surface area contributed by atoms with Gasteiger partial charge in [-0.15, -0.1) is 0 Å². The normalized spacial score (nSPS) is 25.9. The van der Waals surface area contributed by atoms with Crippen molar-refractivity contribution in [2.24, 2.45) is 5.92 Å². The van der Waals surface area contributed by atoms with Crippen LogP contribution in [0.25, 0.3) is 0 Å². The van der Waals surface area contributed by atoms with Crippen LogP contribution in [-0.4, -0.2) is 28.9 Å². The van der Waals surface area contributed by atoms with Gasteiger partial charge in [0, 0.05) is 18.8 Å². The summed E-state index contributed by atoms with van der Waals surface area (Å²) in [6.45, 7) is 1.30. The van der Waals surface area contributed by atoms with Crippen LogP contribution >= 0.6 is 0 Å². The fourth-order valence-electron chi connectivity index (χ4n) is 1.57. The van der Waals surface area contributed by atoms with Crippen molar-refractivity contribution in [3.8, 4) is 0 Å². The highest BCUT2D eigenvalue weighted by Gasteiger charge is 2.42. The lowest BCUT2D eigenvalue weighted by molar-refractivity contribution is -0.142. The van der Waals surface area contributed by atoms with Gasteiger partial charge in [-0.05, 0) is 13.3 Å². The average Bonchev–Trinajstić information content (AvgIpc) is 2.45. The van der Waals surface area contributed by atoms with E-state index in [9.17, 15) is 18.4 Å². The molecule has 1 unspecified atom stereocenters. The van der Waals surface area contributed by atoms with Gasteiger partial charge in [0.25, 0.3) is 0 Å². The van der Waals surface area contributed by atoms with Crippen LogP contribution < -0.4 is 5.32 Å². The second-order valence-corrected chi connectivity index (χ2v) is 3.86. The van der Waals surface area contributed by atoms with Gasteiger partial charge in [-0.1, -0.05) is 0 Å². The Kier molecular flexibility index (Phi) is 3.26. The van der Waals surface area contributed by atoms with Gasteiger partial charge >= 0.3 is 5.97 Å². The highest BCUT2D eigenvalue weighted by Crippen LogP contribution is 2.38. The minimum absolute atomic E-state index is 0.116. The van der Waals surface area contributed by atoms with Crippen molar-refractivity contribution in [1.82, 2.24) is 5.32 Å². The molecule has 1 amide bonds. The first-order valence-electron chi connectivity index (χ1n) is 4.73. The van der Waals surface area contributed by atoms with Crippen molar-refractivity contribution >= 4 is 11.9 Å². The summed E-state index contributed by atoms with van der Waals surface area (Å²) in [5.41, 5.74) is 0. The fourth-order valence-corrected chi connectivity index (χ4v) is 1.57. The van der Waals surface area contributed by atoms with E-state index >= 15 is 0 Å². The van der Waals surface area contributed by atoms with Crippen molar-refractivity contribution in [3.05, 3.63) is 0 Å². The third-order valence-corrected chi connectivity index (χ3v) is 2.50. The summed E-state index contributed by atoms with van der Waals surface area (Å²) in [6.07, 6.45) is -0.664. The lowest BCUT2D eigenvalue weighted by atomic mass is 10.1. The lowest BCUT2D eigenvalue weighted by Crippen LogP contribution is -2.41. The van der Waals surface area contributed by atoms with Crippen LogP contribution in [-0.2, 0) is 9.59 Å². The van der Waals surface area contributed by atoms with Crippen LogP contribution in [0.15, 0.2) is 0 Å². The van der Waals surface area contributed by atoms with Crippen LogP contribution in [0.3, 0.4) is 0 Å². The molecule has 6 heteroatoms. The Morgan fingerprint density at radius 2 is 2.13 bits per heavy atom. The molecule has 1 aliphatic rings. The van der Waals surface area contributed by atoms with Crippen molar-refractivity contribution in [2.75, 3.05) is 0 Å². The number of rotatable bonds is 3. The Morgan fingerprint density at radius 1 is 1.53 bits per heavy atom. The second kappa shape index (κ2) is 4.12. The van der Waals surface area contributed by atoms with Crippen molar-refractivity contribution < 1.29 is 23.5 Å². The highest BCUT2D eigenvalue weighted by molar-refractivity contribution is 5.84. The zero-order valence-corrected chi connectivity index (χ0v) is 8.30. The number of nitrogens with one attached hydrogen (secondary N) is 1. The Labute approximate surface area is 85.7 Å². The molecule has 15 heavy (non-hydrogen) atoms. The third-order valence-electron chi connectivity index (χ3n) is 2.50. The largest absolute Gasteiger partial charge is 0.480 e. The molecule has 0 aliphatic heterocycles. The lowest BCUT2D eigenvalue weighted by Gasteiger charge is -2.13. The van der Waals surface area contributed by atoms with Crippen LogP contribution in [0, 0.1) is 5.92 Å². The molecular formula is C9H13F2NO3. The maximum Gasteiger partial charge on any atom is 0.325 e. The van der Waals surface area contributed by atoms with Gasteiger partial charge in [0.15, 0.2) is 0 Å². The van der Waals surface area contributed by atoms with Gasteiger partial charge in [0.05, 0.1) is 0 Å². The van der Waals surface area contributed by atoms with Gasteiger partial charge in [0.1, 0.15) is 6.04 Å². The molecular weight excluding hydrogens is 208 g/mol.